The summed E-state index contributed by atoms with van der Waals surface area (Å²) in [7, 11) is 1.23. The Balaban J connectivity index is 2.24. The minimum atomic E-state index is -0.649. The summed E-state index contributed by atoms with van der Waals surface area (Å²) in [4.78, 5) is 23.9. The van der Waals surface area contributed by atoms with Crippen molar-refractivity contribution in [3.8, 4) is 5.75 Å². The van der Waals surface area contributed by atoms with Crippen LogP contribution in [0.15, 0.2) is 28.7 Å². The predicted octanol–water partition coefficient (Wildman–Crippen LogP) is 4.27. The van der Waals surface area contributed by atoms with Crippen LogP contribution in [0.2, 0.25) is 0 Å². The molecule has 0 saturated heterocycles. The zero-order valence-corrected chi connectivity index (χ0v) is 15.0. The van der Waals surface area contributed by atoms with E-state index < -0.39 is 11.9 Å². The second kappa shape index (κ2) is 7.42. The van der Waals surface area contributed by atoms with Gasteiger partial charge in [0.2, 0.25) is 0 Å². The van der Waals surface area contributed by atoms with Gasteiger partial charge in [0.1, 0.15) is 17.1 Å². The van der Waals surface area contributed by atoms with Crippen LogP contribution < -0.4 is 5.32 Å². The SMILES string of the molecule is COC(=O)c1ccc(NC(=O)c2cc(C(C)C)c(C(C)C)o2)cc1O. The van der Waals surface area contributed by atoms with Crippen molar-refractivity contribution in [2.24, 2.45) is 0 Å². The van der Waals surface area contributed by atoms with Crippen molar-refractivity contribution in [2.75, 3.05) is 12.4 Å². The van der Waals surface area contributed by atoms with Crippen molar-refractivity contribution in [1.29, 1.82) is 0 Å². The molecule has 6 nitrogen and oxygen atoms in total. The fourth-order valence-electron chi connectivity index (χ4n) is 2.52. The molecule has 1 heterocycles. The molecule has 0 unspecified atom stereocenters. The Bertz CT molecular complexity index is 764. The van der Waals surface area contributed by atoms with E-state index in [1.54, 1.807) is 6.07 Å². The lowest BCUT2D eigenvalue weighted by Crippen LogP contribution is -2.11. The van der Waals surface area contributed by atoms with Crippen molar-refractivity contribution in [3.05, 3.63) is 46.9 Å². The van der Waals surface area contributed by atoms with Crippen LogP contribution in [0.25, 0.3) is 0 Å². The van der Waals surface area contributed by atoms with Gasteiger partial charge in [0, 0.05) is 17.7 Å². The van der Waals surface area contributed by atoms with Gasteiger partial charge >= 0.3 is 5.97 Å². The number of amides is 1. The van der Waals surface area contributed by atoms with Crippen molar-refractivity contribution >= 4 is 17.6 Å². The number of phenolic OH excluding ortho intramolecular Hbond substituents is 1. The molecule has 0 aliphatic rings. The second-order valence-corrected chi connectivity index (χ2v) is 6.42. The summed E-state index contributed by atoms with van der Waals surface area (Å²) in [6, 6.07) is 5.94. The highest BCUT2D eigenvalue weighted by molar-refractivity contribution is 6.03. The molecule has 0 fully saturated rings. The molecule has 2 rings (SSSR count). The van der Waals surface area contributed by atoms with Crippen LogP contribution in [0.1, 0.15) is 71.8 Å². The number of ether oxygens (including phenoxy) is 1. The van der Waals surface area contributed by atoms with Gasteiger partial charge in [-0.25, -0.2) is 4.79 Å². The number of phenols is 1. The number of carbonyl (C=O) groups excluding carboxylic acids is 2. The number of rotatable bonds is 5. The molecule has 0 radical (unpaired) electrons. The largest absolute Gasteiger partial charge is 0.507 e. The number of hydrogen-bond donors (Lipinski definition) is 2. The topological polar surface area (TPSA) is 88.8 Å². The maximum Gasteiger partial charge on any atom is 0.341 e. The van der Waals surface area contributed by atoms with Crippen molar-refractivity contribution < 1.29 is 23.8 Å². The lowest BCUT2D eigenvalue weighted by Gasteiger charge is -2.07. The van der Waals surface area contributed by atoms with Gasteiger partial charge in [0.05, 0.1) is 7.11 Å². The van der Waals surface area contributed by atoms with Gasteiger partial charge in [0.25, 0.3) is 5.91 Å². The van der Waals surface area contributed by atoms with E-state index in [-0.39, 0.29) is 28.9 Å². The summed E-state index contributed by atoms with van der Waals surface area (Å²) in [6.45, 7) is 8.11. The Hall–Kier alpha value is -2.76. The highest BCUT2D eigenvalue weighted by atomic mass is 16.5. The van der Waals surface area contributed by atoms with E-state index in [4.69, 9.17) is 4.42 Å². The molecule has 1 amide bonds. The minimum Gasteiger partial charge on any atom is -0.507 e. The normalized spacial score (nSPS) is 11.0. The molecule has 0 aliphatic heterocycles. The third-order valence-corrected chi connectivity index (χ3v) is 3.82. The molecule has 0 aliphatic carbocycles. The summed E-state index contributed by atoms with van der Waals surface area (Å²) >= 11 is 0. The molecular formula is C19H23NO5. The van der Waals surface area contributed by atoms with Crippen LogP contribution >= 0.6 is 0 Å². The summed E-state index contributed by atoms with van der Waals surface area (Å²) < 4.78 is 10.3. The first-order chi connectivity index (χ1) is 11.7. The van der Waals surface area contributed by atoms with E-state index in [0.717, 1.165) is 11.3 Å². The first-order valence-electron chi connectivity index (χ1n) is 8.10. The molecule has 2 aromatic rings. The number of nitrogens with one attached hydrogen (secondary N) is 1. The zero-order valence-electron chi connectivity index (χ0n) is 15.0. The van der Waals surface area contributed by atoms with E-state index in [0.29, 0.717) is 5.69 Å². The summed E-state index contributed by atoms with van der Waals surface area (Å²) in [6.07, 6.45) is 0. The molecule has 6 heteroatoms. The number of aromatic hydroxyl groups is 1. The standard InChI is InChI=1S/C19H23NO5/c1-10(2)14-9-16(25-17(14)11(3)4)18(22)20-12-6-7-13(15(21)8-12)19(23)24-5/h6-11,21H,1-5H3,(H,20,22). The molecule has 2 N–H and O–H groups in total. The number of esters is 1. The quantitative estimate of drug-likeness (QED) is 0.790. The van der Waals surface area contributed by atoms with E-state index in [1.807, 2.05) is 27.7 Å². The molecule has 134 valence electrons. The van der Waals surface area contributed by atoms with Gasteiger partial charge in [-0.3, -0.25) is 4.79 Å². The predicted molar refractivity (Wildman–Crippen MR) is 94.3 cm³/mol. The fourth-order valence-corrected chi connectivity index (χ4v) is 2.52. The van der Waals surface area contributed by atoms with Gasteiger partial charge in [-0.15, -0.1) is 0 Å². The third kappa shape index (κ3) is 4.02. The average Bonchev–Trinajstić information content (AvgIpc) is 3.00. The molecule has 25 heavy (non-hydrogen) atoms. The number of benzene rings is 1. The minimum absolute atomic E-state index is 0.0303. The Morgan fingerprint density at radius 3 is 2.28 bits per heavy atom. The van der Waals surface area contributed by atoms with Crippen LogP contribution in [-0.2, 0) is 4.74 Å². The van der Waals surface area contributed by atoms with Gasteiger partial charge in [-0.05, 0) is 29.7 Å². The first-order valence-corrected chi connectivity index (χ1v) is 8.10. The number of methoxy groups -OCH3 is 1. The van der Waals surface area contributed by atoms with Crippen LogP contribution in [0.5, 0.6) is 5.75 Å². The van der Waals surface area contributed by atoms with Gasteiger partial charge in [-0.1, -0.05) is 27.7 Å². The lowest BCUT2D eigenvalue weighted by molar-refractivity contribution is 0.0597. The monoisotopic (exact) mass is 345 g/mol. The van der Waals surface area contributed by atoms with Crippen LogP contribution in [0.3, 0.4) is 0 Å². The Kier molecular flexibility index (Phi) is 5.51. The molecule has 0 atom stereocenters. The third-order valence-electron chi connectivity index (χ3n) is 3.82. The van der Waals surface area contributed by atoms with Gasteiger partial charge in [-0.2, -0.15) is 0 Å². The van der Waals surface area contributed by atoms with E-state index in [9.17, 15) is 14.7 Å². The first kappa shape index (κ1) is 18.6. The number of anilines is 1. The summed E-state index contributed by atoms with van der Waals surface area (Å²) in [5.41, 5.74) is 1.38. The maximum atomic E-state index is 12.4. The number of carbonyl (C=O) groups is 2. The summed E-state index contributed by atoms with van der Waals surface area (Å²) in [5.74, 6) is 0.0832. The fraction of sp³-hybridized carbons (Fsp3) is 0.368. The van der Waals surface area contributed by atoms with Crippen molar-refractivity contribution in [3.63, 3.8) is 0 Å². The van der Waals surface area contributed by atoms with Crippen LogP contribution in [-0.4, -0.2) is 24.1 Å². The van der Waals surface area contributed by atoms with E-state index in [1.165, 1.54) is 25.3 Å². The average molecular weight is 345 g/mol. The van der Waals surface area contributed by atoms with Gasteiger partial charge in [0.15, 0.2) is 5.76 Å². The van der Waals surface area contributed by atoms with E-state index in [2.05, 4.69) is 10.1 Å². The molecule has 0 spiro atoms. The zero-order chi connectivity index (χ0) is 18.7. The molecule has 1 aromatic carbocycles. The number of furan rings is 1. The molecule has 0 saturated carbocycles. The molecular weight excluding hydrogens is 322 g/mol. The smallest absolute Gasteiger partial charge is 0.341 e. The highest BCUT2D eigenvalue weighted by Crippen LogP contribution is 2.30. The Morgan fingerprint density at radius 2 is 1.80 bits per heavy atom. The van der Waals surface area contributed by atoms with Gasteiger partial charge < -0.3 is 19.6 Å². The van der Waals surface area contributed by atoms with E-state index >= 15 is 0 Å². The maximum absolute atomic E-state index is 12.4. The Morgan fingerprint density at radius 1 is 1.12 bits per heavy atom. The van der Waals surface area contributed by atoms with Crippen molar-refractivity contribution in [1.82, 2.24) is 0 Å². The van der Waals surface area contributed by atoms with Crippen LogP contribution in [0.4, 0.5) is 5.69 Å². The highest BCUT2D eigenvalue weighted by Gasteiger charge is 2.21. The lowest BCUT2D eigenvalue weighted by atomic mass is 9.98. The van der Waals surface area contributed by atoms with Crippen molar-refractivity contribution in [2.45, 2.75) is 39.5 Å². The molecule has 1 aromatic heterocycles. The number of hydrogen-bond acceptors (Lipinski definition) is 5. The second-order valence-electron chi connectivity index (χ2n) is 6.42. The molecule has 0 bridgehead atoms. The Labute approximate surface area is 146 Å². The van der Waals surface area contributed by atoms with Crippen LogP contribution in [0, 0.1) is 0 Å². The summed E-state index contributed by atoms with van der Waals surface area (Å²) in [5, 5.41) is 12.6.